The summed E-state index contributed by atoms with van der Waals surface area (Å²) in [6, 6.07) is 2.83. The van der Waals surface area contributed by atoms with Crippen molar-refractivity contribution < 1.29 is 13.6 Å². The van der Waals surface area contributed by atoms with Gasteiger partial charge in [0.1, 0.15) is 23.6 Å². The van der Waals surface area contributed by atoms with Crippen molar-refractivity contribution in [2.45, 2.75) is 13.1 Å². The van der Waals surface area contributed by atoms with Crippen molar-refractivity contribution in [3.63, 3.8) is 0 Å². The van der Waals surface area contributed by atoms with Crippen LogP contribution in [0, 0.1) is 11.6 Å². The Morgan fingerprint density at radius 2 is 2.00 bits per heavy atom. The molecule has 0 bridgehead atoms. The third-order valence-electron chi connectivity index (χ3n) is 3.07. The molecule has 1 aromatic heterocycles. The van der Waals surface area contributed by atoms with Crippen molar-refractivity contribution in [2.24, 2.45) is 0 Å². The molecule has 102 valence electrons. The summed E-state index contributed by atoms with van der Waals surface area (Å²) in [4.78, 5) is 21.4. The lowest BCUT2D eigenvalue weighted by molar-refractivity contribution is 0.212. The lowest BCUT2D eigenvalue weighted by Gasteiger charge is -2.16. The molecule has 1 aliphatic rings. The largest absolute Gasteiger partial charge is 0.322 e. The van der Waals surface area contributed by atoms with Gasteiger partial charge < -0.3 is 10.2 Å². The first-order chi connectivity index (χ1) is 9.65. The van der Waals surface area contributed by atoms with E-state index in [1.54, 1.807) is 6.20 Å². The van der Waals surface area contributed by atoms with Gasteiger partial charge in [0.05, 0.1) is 18.8 Å². The predicted molar refractivity (Wildman–Crippen MR) is 66.7 cm³/mol. The van der Waals surface area contributed by atoms with Gasteiger partial charge in [-0.1, -0.05) is 6.07 Å². The maximum absolute atomic E-state index is 13.5. The molecule has 2 heterocycles. The number of urea groups is 1. The molecule has 0 fully saturated rings. The maximum atomic E-state index is 13.5. The van der Waals surface area contributed by atoms with E-state index in [1.165, 1.54) is 17.3 Å². The summed E-state index contributed by atoms with van der Waals surface area (Å²) in [5.41, 5.74) is 1.13. The highest BCUT2D eigenvalue weighted by Gasteiger charge is 2.25. The Labute approximate surface area is 113 Å². The summed E-state index contributed by atoms with van der Waals surface area (Å²) >= 11 is 0. The first-order valence-corrected chi connectivity index (χ1v) is 5.93. The van der Waals surface area contributed by atoms with Crippen LogP contribution in [0.2, 0.25) is 0 Å². The summed E-state index contributed by atoms with van der Waals surface area (Å²) in [6.45, 7) is 0.609. The summed E-state index contributed by atoms with van der Waals surface area (Å²) < 4.78 is 26.9. The second-order valence-electron chi connectivity index (χ2n) is 4.38. The van der Waals surface area contributed by atoms with E-state index in [1.807, 2.05) is 0 Å². The SMILES string of the molecule is O=C(Nc1c(F)cccc1F)N1Cc2cncnc2C1. The number of hydrogen-bond donors (Lipinski definition) is 1. The number of nitrogens with one attached hydrogen (secondary N) is 1. The van der Waals surface area contributed by atoms with Crippen molar-refractivity contribution in [3.8, 4) is 0 Å². The maximum Gasteiger partial charge on any atom is 0.322 e. The number of para-hydroxylation sites is 1. The van der Waals surface area contributed by atoms with E-state index in [-0.39, 0.29) is 0 Å². The van der Waals surface area contributed by atoms with E-state index in [0.717, 1.165) is 23.4 Å². The molecule has 5 nitrogen and oxygen atoms in total. The quantitative estimate of drug-likeness (QED) is 0.869. The molecule has 0 spiro atoms. The molecular weight excluding hydrogens is 266 g/mol. The van der Waals surface area contributed by atoms with Gasteiger partial charge >= 0.3 is 6.03 Å². The van der Waals surface area contributed by atoms with E-state index < -0.39 is 23.4 Å². The van der Waals surface area contributed by atoms with Crippen LogP contribution in [0.3, 0.4) is 0 Å². The fourth-order valence-corrected chi connectivity index (χ4v) is 2.05. The average Bonchev–Trinajstić information content (AvgIpc) is 2.87. The van der Waals surface area contributed by atoms with Crippen molar-refractivity contribution >= 4 is 11.7 Å². The first-order valence-electron chi connectivity index (χ1n) is 5.93. The van der Waals surface area contributed by atoms with Crippen LogP contribution in [0.4, 0.5) is 19.3 Å². The molecule has 7 heteroatoms. The number of halogens is 2. The second kappa shape index (κ2) is 4.84. The number of aromatic nitrogens is 2. The Balaban J connectivity index is 1.76. The molecule has 0 saturated carbocycles. The Hall–Kier alpha value is -2.57. The Morgan fingerprint density at radius 3 is 2.70 bits per heavy atom. The number of anilines is 1. The topological polar surface area (TPSA) is 58.1 Å². The van der Waals surface area contributed by atoms with Crippen LogP contribution >= 0.6 is 0 Å². The molecule has 0 radical (unpaired) electrons. The van der Waals surface area contributed by atoms with Crippen LogP contribution in [-0.4, -0.2) is 20.9 Å². The van der Waals surface area contributed by atoms with Gasteiger partial charge in [0.15, 0.2) is 0 Å². The smallest absolute Gasteiger partial charge is 0.314 e. The molecular formula is C13H10F2N4O. The van der Waals surface area contributed by atoms with E-state index >= 15 is 0 Å². The van der Waals surface area contributed by atoms with Gasteiger partial charge in [-0.05, 0) is 12.1 Å². The van der Waals surface area contributed by atoms with Crippen LogP contribution in [-0.2, 0) is 13.1 Å². The third-order valence-corrected chi connectivity index (χ3v) is 3.07. The lowest BCUT2D eigenvalue weighted by atomic mass is 10.3. The van der Waals surface area contributed by atoms with Crippen molar-refractivity contribution in [3.05, 3.63) is 53.6 Å². The normalized spacial score (nSPS) is 13.2. The Bertz CT molecular complexity index is 632. The third kappa shape index (κ3) is 2.18. The zero-order valence-corrected chi connectivity index (χ0v) is 10.3. The summed E-state index contributed by atoms with van der Waals surface area (Å²) in [7, 11) is 0. The lowest BCUT2D eigenvalue weighted by Crippen LogP contribution is -2.31. The number of benzene rings is 1. The number of fused-ring (bicyclic) bond motifs is 1. The fraction of sp³-hybridized carbons (Fsp3) is 0.154. The van der Waals surface area contributed by atoms with E-state index in [9.17, 15) is 13.6 Å². The van der Waals surface area contributed by atoms with Gasteiger partial charge in [-0.25, -0.2) is 23.5 Å². The van der Waals surface area contributed by atoms with Crippen LogP contribution in [0.25, 0.3) is 0 Å². The minimum absolute atomic E-state index is 0.291. The molecule has 0 unspecified atom stereocenters. The van der Waals surface area contributed by atoms with Gasteiger partial charge in [0.2, 0.25) is 0 Å². The van der Waals surface area contributed by atoms with Crippen LogP contribution in [0.5, 0.6) is 0 Å². The highest BCUT2D eigenvalue weighted by molar-refractivity contribution is 5.89. The molecule has 1 N–H and O–H groups in total. The van der Waals surface area contributed by atoms with Gasteiger partial charge in [-0.2, -0.15) is 0 Å². The minimum atomic E-state index is -0.810. The highest BCUT2D eigenvalue weighted by Crippen LogP contribution is 2.22. The molecule has 1 aromatic carbocycles. The summed E-state index contributed by atoms with van der Waals surface area (Å²) in [6.07, 6.45) is 3.02. The van der Waals surface area contributed by atoms with E-state index in [0.29, 0.717) is 13.1 Å². The number of carbonyl (C=O) groups is 1. The van der Waals surface area contributed by atoms with Crippen molar-refractivity contribution in [1.29, 1.82) is 0 Å². The van der Waals surface area contributed by atoms with Gasteiger partial charge in [-0.3, -0.25) is 0 Å². The van der Waals surface area contributed by atoms with Gasteiger partial charge in [0.25, 0.3) is 0 Å². The minimum Gasteiger partial charge on any atom is -0.314 e. The van der Waals surface area contributed by atoms with Crippen molar-refractivity contribution in [1.82, 2.24) is 14.9 Å². The van der Waals surface area contributed by atoms with E-state index in [4.69, 9.17) is 0 Å². The molecule has 20 heavy (non-hydrogen) atoms. The first kappa shape index (κ1) is 12.5. The van der Waals surface area contributed by atoms with Crippen LogP contribution in [0.15, 0.2) is 30.7 Å². The molecule has 0 saturated heterocycles. The standard InChI is InChI=1S/C13H10F2N4O/c14-9-2-1-3-10(15)12(9)18-13(20)19-5-8-4-16-7-17-11(8)6-19/h1-4,7H,5-6H2,(H,18,20). The zero-order valence-electron chi connectivity index (χ0n) is 10.3. The summed E-state index contributed by atoms with van der Waals surface area (Å²) in [5.74, 6) is -1.62. The van der Waals surface area contributed by atoms with Crippen LogP contribution < -0.4 is 5.32 Å². The Kier molecular flexibility index (Phi) is 3.02. The average molecular weight is 276 g/mol. The molecule has 0 atom stereocenters. The van der Waals surface area contributed by atoms with Crippen molar-refractivity contribution in [2.75, 3.05) is 5.32 Å². The number of carbonyl (C=O) groups excluding carboxylic acids is 1. The Morgan fingerprint density at radius 1 is 1.25 bits per heavy atom. The molecule has 3 rings (SSSR count). The molecule has 1 aliphatic heterocycles. The monoisotopic (exact) mass is 276 g/mol. The fourth-order valence-electron chi connectivity index (χ4n) is 2.05. The molecule has 2 amide bonds. The number of hydrogen-bond acceptors (Lipinski definition) is 3. The number of rotatable bonds is 1. The number of nitrogens with zero attached hydrogens (tertiary/aromatic N) is 3. The second-order valence-corrected chi connectivity index (χ2v) is 4.38. The molecule has 0 aliphatic carbocycles. The molecule has 2 aromatic rings. The summed E-state index contributed by atoms with van der Waals surface area (Å²) in [5, 5.41) is 2.24. The van der Waals surface area contributed by atoms with Gasteiger partial charge in [-0.15, -0.1) is 0 Å². The number of amides is 2. The highest BCUT2D eigenvalue weighted by atomic mass is 19.1. The predicted octanol–water partition coefficient (Wildman–Crippen LogP) is 2.30. The van der Waals surface area contributed by atoms with E-state index in [2.05, 4.69) is 15.3 Å². The van der Waals surface area contributed by atoms with Crippen LogP contribution in [0.1, 0.15) is 11.3 Å². The zero-order chi connectivity index (χ0) is 14.1. The van der Waals surface area contributed by atoms with Gasteiger partial charge in [0, 0.05) is 11.8 Å².